The van der Waals surface area contributed by atoms with E-state index in [4.69, 9.17) is 9.47 Å². The van der Waals surface area contributed by atoms with Gasteiger partial charge in [-0.3, -0.25) is 9.52 Å². The molecule has 0 saturated heterocycles. The molecule has 1 N–H and O–H groups in total. The Morgan fingerprint density at radius 3 is 2.46 bits per heavy atom. The van der Waals surface area contributed by atoms with Crippen molar-refractivity contribution in [3.8, 4) is 11.5 Å². The SMILES string of the molecule is CCn1c(=NC(=O)c2ccccc2NS(=O)(=O)c2ccc(C)cc2)sc2cc3c(cc21)OCCO3. The molecule has 0 spiro atoms. The first-order valence-electron chi connectivity index (χ1n) is 11.1. The number of aryl methyl sites for hydroxylation is 2. The van der Waals surface area contributed by atoms with Crippen LogP contribution in [0.5, 0.6) is 11.5 Å². The molecule has 8 nitrogen and oxygen atoms in total. The number of carbonyl (C=O) groups excluding carboxylic acids is 1. The van der Waals surface area contributed by atoms with Gasteiger partial charge in [-0.05, 0) is 38.1 Å². The number of carbonyl (C=O) groups is 1. The number of amides is 1. The summed E-state index contributed by atoms with van der Waals surface area (Å²) in [5.41, 5.74) is 2.17. The number of nitrogens with zero attached hydrogens (tertiary/aromatic N) is 2. The molecule has 0 atom stereocenters. The standard InChI is InChI=1S/C25H23N3O5S2/c1-3-28-20-14-21-22(33-13-12-32-21)15-23(20)34-25(28)26-24(29)18-6-4-5-7-19(18)27-35(30,31)17-10-8-16(2)9-11-17/h4-11,14-15,27H,3,12-13H2,1-2H3. The summed E-state index contributed by atoms with van der Waals surface area (Å²) in [6.45, 7) is 5.41. The molecule has 5 rings (SSSR count). The van der Waals surface area contributed by atoms with Crippen molar-refractivity contribution in [3.05, 3.63) is 76.6 Å². The molecule has 0 unspecified atom stereocenters. The lowest BCUT2D eigenvalue weighted by molar-refractivity contribution is 0.0998. The number of hydrogen-bond donors (Lipinski definition) is 1. The maximum absolute atomic E-state index is 13.2. The van der Waals surface area contributed by atoms with Crippen LogP contribution in [0.4, 0.5) is 5.69 Å². The van der Waals surface area contributed by atoms with E-state index in [0.717, 1.165) is 15.8 Å². The number of ether oxygens (including phenoxy) is 2. The Bertz CT molecular complexity index is 1600. The van der Waals surface area contributed by atoms with E-state index >= 15 is 0 Å². The van der Waals surface area contributed by atoms with Crippen molar-refractivity contribution in [2.45, 2.75) is 25.3 Å². The molecule has 0 fully saturated rings. The van der Waals surface area contributed by atoms with Gasteiger partial charge in [-0.25, -0.2) is 8.42 Å². The van der Waals surface area contributed by atoms with Gasteiger partial charge in [0.25, 0.3) is 15.9 Å². The second-order valence-corrected chi connectivity index (χ2v) is 10.7. The predicted molar refractivity (Wildman–Crippen MR) is 135 cm³/mol. The zero-order chi connectivity index (χ0) is 24.6. The van der Waals surface area contributed by atoms with Gasteiger partial charge in [-0.15, -0.1) is 0 Å². The molecule has 0 bridgehead atoms. The highest BCUT2D eigenvalue weighted by Gasteiger charge is 2.20. The van der Waals surface area contributed by atoms with Crippen LogP contribution in [0.3, 0.4) is 0 Å². The molecule has 0 saturated carbocycles. The van der Waals surface area contributed by atoms with Gasteiger partial charge in [0.1, 0.15) is 13.2 Å². The summed E-state index contributed by atoms with van der Waals surface area (Å²) in [7, 11) is -3.88. The topological polar surface area (TPSA) is 99.0 Å². The Hall–Kier alpha value is -3.63. The summed E-state index contributed by atoms with van der Waals surface area (Å²) in [5, 5.41) is 0. The quantitative estimate of drug-likeness (QED) is 0.431. The Morgan fingerprint density at radius 1 is 1.06 bits per heavy atom. The Kier molecular flexibility index (Phi) is 6.08. The van der Waals surface area contributed by atoms with E-state index in [1.165, 1.54) is 23.5 Å². The van der Waals surface area contributed by atoms with Gasteiger partial charge in [-0.2, -0.15) is 4.99 Å². The van der Waals surface area contributed by atoms with Gasteiger partial charge in [0, 0.05) is 18.7 Å². The van der Waals surface area contributed by atoms with Gasteiger partial charge in [-0.1, -0.05) is 41.2 Å². The summed E-state index contributed by atoms with van der Waals surface area (Å²) in [4.78, 5) is 18.2. The van der Waals surface area contributed by atoms with E-state index in [-0.39, 0.29) is 16.1 Å². The fourth-order valence-corrected chi connectivity index (χ4v) is 6.01. The summed E-state index contributed by atoms with van der Waals surface area (Å²) >= 11 is 1.36. The van der Waals surface area contributed by atoms with Gasteiger partial charge < -0.3 is 14.0 Å². The number of rotatable bonds is 5. The van der Waals surface area contributed by atoms with Crippen molar-refractivity contribution in [2.24, 2.45) is 4.99 Å². The molecule has 1 aliphatic rings. The van der Waals surface area contributed by atoms with E-state index < -0.39 is 15.9 Å². The van der Waals surface area contributed by atoms with Crippen LogP contribution in [0.15, 0.2) is 70.6 Å². The van der Waals surface area contributed by atoms with Crippen molar-refractivity contribution in [3.63, 3.8) is 0 Å². The second kappa shape index (κ2) is 9.20. The molecule has 1 aromatic heterocycles. The first-order chi connectivity index (χ1) is 16.9. The van der Waals surface area contributed by atoms with Crippen molar-refractivity contribution < 1.29 is 22.7 Å². The van der Waals surface area contributed by atoms with Crippen LogP contribution < -0.4 is 19.0 Å². The largest absolute Gasteiger partial charge is 0.486 e. The van der Waals surface area contributed by atoms with Crippen LogP contribution in [-0.2, 0) is 16.6 Å². The monoisotopic (exact) mass is 509 g/mol. The molecule has 3 aromatic carbocycles. The van der Waals surface area contributed by atoms with Gasteiger partial charge >= 0.3 is 0 Å². The lowest BCUT2D eigenvalue weighted by Gasteiger charge is -2.18. The average molecular weight is 510 g/mol. The molecular formula is C25H23N3O5S2. The Labute approximate surface area is 206 Å². The lowest BCUT2D eigenvalue weighted by atomic mass is 10.2. The maximum Gasteiger partial charge on any atom is 0.281 e. The highest BCUT2D eigenvalue weighted by molar-refractivity contribution is 7.92. The maximum atomic E-state index is 13.2. The summed E-state index contributed by atoms with van der Waals surface area (Å²) in [6, 6.07) is 16.7. The first-order valence-corrected chi connectivity index (χ1v) is 13.4. The second-order valence-electron chi connectivity index (χ2n) is 7.97. The first kappa shape index (κ1) is 23.1. The van der Waals surface area contributed by atoms with Crippen LogP contribution in [0.2, 0.25) is 0 Å². The number of benzene rings is 3. The summed E-state index contributed by atoms with van der Waals surface area (Å²) in [6.07, 6.45) is 0. The summed E-state index contributed by atoms with van der Waals surface area (Å²) in [5.74, 6) is 0.790. The number of sulfonamides is 1. The van der Waals surface area contributed by atoms with E-state index in [2.05, 4.69) is 9.71 Å². The molecule has 2 heterocycles. The zero-order valence-corrected chi connectivity index (χ0v) is 20.8. The average Bonchev–Trinajstić information content (AvgIpc) is 3.18. The van der Waals surface area contributed by atoms with Gasteiger partial charge in [0.15, 0.2) is 16.3 Å². The van der Waals surface area contributed by atoms with Crippen molar-refractivity contribution >= 4 is 43.2 Å². The van der Waals surface area contributed by atoms with Crippen LogP contribution in [-0.4, -0.2) is 32.1 Å². The number of para-hydroxylation sites is 1. The number of anilines is 1. The minimum atomic E-state index is -3.88. The molecule has 0 aliphatic carbocycles. The minimum Gasteiger partial charge on any atom is -0.486 e. The van der Waals surface area contributed by atoms with Crippen LogP contribution >= 0.6 is 11.3 Å². The molecule has 180 valence electrons. The number of thiazole rings is 1. The van der Waals surface area contributed by atoms with Crippen molar-refractivity contribution in [2.75, 3.05) is 17.9 Å². The Balaban J connectivity index is 1.53. The van der Waals surface area contributed by atoms with Crippen LogP contribution in [0.1, 0.15) is 22.8 Å². The number of fused-ring (bicyclic) bond motifs is 2. The lowest BCUT2D eigenvalue weighted by Crippen LogP contribution is -2.18. The third-order valence-electron chi connectivity index (χ3n) is 5.59. The van der Waals surface area contributed by atoms with E-state index in [1.54, 1.807) is 36.4 Å². The summed E-state index contributed by atoms with van der Waals surface area (Å²) < 4.78 is 42.6. The number of aromatic nitrogens is 1. The fraction of sp³-hybridized carbons (Fsp3) is 0.200. The van der Waals surface area contributed by atoms with Crippen molar-refractivity contribution in [1.29, 1.82) is 0 Å². The number of nitrogens with one attached hydrogen (secondary N) is 1. The molecule has 0 radical (unpaired) electrons. The molecule has 10 heteroatoms. The normalized spacial score (nSPS) is 13.7. The molecule has 35 heavy (non-hydrogen) atoms. The fourth-order valence-electron chi connectivity index (χ4n) is 3.82. The van der Waals surface area contributed by atoms with Gasteiger partial charge in [0.2, 0.25) is 0 Å². The molecule has 1 amide bonds. The third-order valence-corrected chi connectivity index (χ3v) is 8.02. The van der Waals surface area contributed by atoms with Crippen molar-refractivity contribution in [1.82, 2.24) is 4.57 Å². The van der Waals surface area contributed by atoms with E-state index in [1.807, 2.05) is 30.5 Å². The molecule has 1 aliphatic heterocycles. The third kappa shape index (κ3) is 4.54. The van der Waals surface area contributed by atoms with Gasteiger partial charge in [0.05, 0.1) is 26.4 Å². The van der Waals surface area contributed by atoms with Crippen LogP contribution in [0.25, 0.3) is 10.2 Å². The highest BCUT2D eigenvalue weighted by Crippen LogP contribution is 2.35. The van der Waals surface area contributed by atoms with Crippen LogP contribution in [0, 0.1) is 6.92 Å². The number of hydrogen-bond acceptors (Lipinski definition) is 6. The minimum absolute atomic E-state index is 0.115. The molecule has 4 aromatic rings. The van der Waals surface area contributed by atoms with E-state index in [0.29, 0.717) is 36.1 Å². The Morgan fingerprint density at radius 2 is 1.74 bits per heavy atom. The smallest absolute Gasteiger partial charge is 0.281 e. The highest BCUT2D eigenvalue weighted by atomic mass is 32.2. The predicted octanol–water partition coefficient (Wildman–Crippen LogP) is 4.34. The zero-order valence-electron chi connectivity index (χ0n) is 19.1. The molecular weight excluding hydrogens is 486 g/mol. The van der Waals surface area contributed by atoms with E-state index in [9.17, 15) is 13.2 Å².